The first kappa shape index (κ1) is 20.2. The molecule has 0 spiro atoms. The molecule has 0 aliphatic carbocycles. The van der Waals surface area contributed by atoms with Crippen LogP contribution < -0.4 is 0 Å². The molecular weight excluding hydrogens is 326 g/mol. The van der Waals surface area contributed by atoms with Crippen LogP contribution >= 0.6 is 0 Å². The first-order chi connectivity index (χ1) is 11.7. The second-order valence-electron chi connectivity index (χ2n) is 8.85. The molecule has 1 aromatic rings. The number of hydrogen-bond acceptors (Lipinski definition) is 2. The fourth-order valence-electron chi connectivity index (χ4n) is 3.17. The normalized spacial score (nSPS) is 21.8. The molecule has 1 amide bonds. The van der Waals surface area contributed by atoms with E-state index >= 15 is 0 Å². The standard InChI is InChI=1S/C21H35NO2Si/c1-7-8-14-18-15-19(24-25(5,6)21(2,3)4)20(23)22(18)16-17-12-10-9-11-13-17/h9-13,18-19H,7-8,14-16H2,1-6H3/t18-,19-/m0/s1. The molecule has 2 rings (SSSR count). The van der Waals surface area contributed by atoms with Crippen LogP contribution in [-0.2, 0) is 15.8 Å². The van der Waals surface area contributed by atoms with Gasteiger partial charge in [-0.2, -0.15) is 0 Å². The van der Waals surface area contributed by atoms with Crippen LogP contribution in [-0.4, -0.2) is 31.3 Å². The number of carbonyl (C=O) groups excluding carboxylic acids is 1. The van der Waals surface area contributed by atoms with Gasteiger partial charge in [-0.15, -0.1) is 0 Å². The number of amides is 1. The summed E-state index contributed by atoms with van der Waals surface area (Å²) in [6.45, 7) is 14.1. The number of nitrogens with zero attached hydrogens (tertiary/aromatic N) is 1. The van der Waals surface area contributed by atoms with Crippen LogP contribution in [0.3, 0.4) is 0 Å². The summed E-state index contributed by atoms with van der Waals surface area (Å²) in [6.07, 6.45) is 3.99. The van der Waals surface area contributed by atoms with E-state index in [1.807, 2.05) is 18.2 Å². The smallest absolute Gasteiger partial charge is 0.251 e. The number of unbranched alkanes of at least 4 members (excludes halogenated alkanes) is 1. The molecule has 1 aliphatic rings. The molecule has 1 saturated heterocycles. The maximum absolute atomic E-state index is 13.1. The zero-order valence-electron chi connectivity index (χ0n) is 16.8. The molecule has 4 heteroatoms. The van der Waals surface area contributed by atoms with Crippen molar-refractivity contribution in [2.75, 3.05) is 0 Å². The zero-order chi connectivity index (χ0) is 18.7. The molecule has 0 unspecified atom stereocenters. The van der Waals surface area contributed by atoms with Crippen LogP contribution in [0.15, 0.2) is 30.3 Å². The lowest BCUT2D eigenvalue weighted by Crippen LogP contribution is -2.46. The zero-order valence-corrected chi connectivity index (χ0v) is 17.8. The average molecular weight is 362 g/mol. The predicted octanol–water partition coefficient (Wildman–Crippen LogP) is 5.37. The lowest BCUT2D eigenvalue weighted by Gasteiger charge is -2.37. The van der Waals surface area contributed by atoms with E-state index in [9.17, 15) is 4.79 Å². The van der Waals surface area contributed by atoms with Gasteiger partial charge in [0.05, 0.1) is 0 Å². The summed E-state index contributed by atoms with van der Waals surface area (Å²) in [6, 6.07) is 10.6. The highest BCUT2D eigenvalue weighted by Gasteiger charge is 2.46. The minimum Gasteiger partial charge on any atom is -0.405 e. The van der Waals surface area contributed by atoms with Crippen molar-refractivity contribution in [2.45, 2.75) is 90.2 Å². The van der Waals surface area contributed by atoms with Crippen molar-refractivity contribution in [3.63, 3.8) is 0 Å². The number of likely N-dealkylation sites (tertiary alicyclic amines) is 1. The maximum atomic E-state index is 13.1. The third-order valence-corrected chi connectivity index (χ3v) is 10.3. The number of hydrogen-bond donors (Lipinski definition) is 0. The number of carbonyl (C=O) groups is 1. The van der Waals surface area contributed by atoms with Crippen molar-refractivity contribution in [2.24, 2.45) is 0 Å². The Morgan fingerprint density at radius 1 is 1.20 bits per heavy atom. The van der Waals surface area contributed by atoms with E-state index in [0.717, 1.165) is 25.7 Å². The highest BCUT2D eigenvalue weighted by atomic mass is 28.4. The lowest BCUT2D eigenvalue weighted by molar-refractivity contribution is -0.135. The van der Waals surface area contributed by atoms with Crippen molar-refractivity contribution in [1.29, 1.82) is 0 Å². The maximum Gasteiger partial charge on any atom is 0.251 e. The van der Waals surface area contributed by atoms with Crippen molar-refractivity contribution in [3.05, 3.63) is 35.9 Å². The molecule has 0 N–H and O–H groups in total. The van der Waals surface area contributed by atoms with E-state index in [4.69, 9.17) is 4.43 Å². The van der Waals surface area contributed by atoms with Crippen molar-refractivity contribution >= 4 is 14.2 Å². The Bertz CT molecular complexity index is 565. The van der Waals surface area contributed by atoms with Gasteiger partial charge in [-0.1, -0.05) is 70.9 Å². The first-order valence-corrected chi connectivity index (χ1v) is 12.6. The van der Waals surface area contributed by atoms with Gasteiger partial charge in [-0.05, 0) is 30.1 Å². The first-order valence-electron chi connectivity index (χ1n) is 9.68. The molecule has 0 bridgehead atoms. The van der Waals surface area contributed by atoms with E-state index < -0.39 is 8.32 Å². The number of rotatable bonds is 7. The van der Waals surface area contributed by atoms with Gasteiger partial charge in [-0.25, -0.2) is 0 Å². The summed E-state index contributed by atoms with van der Waals surface area (Å²) in [5.41, 5.74) is 1.20. The lowest BCUT2D eigenvalue weighted by atomic mass is 10.1. The largest absolute Gasteiger partial charge is 0.405 e. The molecular formula is C21H35NO2Si. The second kappa shape index (κ2) is 8.04. The Labute approximate surface area is 154 Å². The predicted molar refractivity (Wildman–Crippen MR) is 107 cm³/mol. The summed E-state index contributed by atoms with van der Waals surface area (Å²) in [7, 11) is -1.94. The van der Waals surface area contributed by atoms with E-state index in [1.165, 1.54) is 5.56 Å². The van der Waals surface area contributed by atoms with Gasteiger partial charge in [0.1, 0.15) is 6.10 Å². The van der Waals surface area contributed by atoms with Crippen LogP contribution in [0.1, 0.15) is 58.9 Å². The third-order valence-electron chi connectivity index (χ3n) is 5.82. The number of benzene rings is 1. The Hall–Kier alpha value is -1.13. The van der Waals surface area contributed by atoms with Gasteiger partial charge < -0.3 is 9.33 Å². The van der Waals surface area contributed by atoms with Crippen molar-refractivity contribution in [3.8, 4) is 0 Å². The molecule has 2 atom stereocenters. The van der Waals surface area contributed by atoms with Gasteiger partial charge in [0.2, 0.25) is 0 Å². The topological polar surface area (TPSA) is 29.5 Å². The second-order valence-corrected chi connectivity index (χ2v) is 13.6. The fourth-order valence-corrected chi connectivity index (χ4v) is 4.43. The van der Waals surface area contributed by atoms with E-state index in [-0.39, 0.29) is 17.0 Å². The summed E-state index contributed by atoms with van der Waals surface area (Å²) in [5, 5.41) is 0.124. The molecule has 1 fully saturated rings. The SMILES string of the molecule is CCCC[C@H]1C[C@H](O[Si](C)(C)C(C)(C)C)C(=O)N1Cc1ccccc1. The molecule has 1 heterocycles. The quantitative estimate of drug-likeness (QED) is 0.611. The molecule has 0 radical (unpaired) electrons. The third kappa shape index (κ3) is 4.95. The van der Waals surface area contributed by atoms with Crippen LogP contribution in [0, 0.1) is 0 Å². The van der Waals surface area contributed by atoms with Crippen LogP contribution in [0.5, 0.6) is 0 Å². The average Bonchev–Trinajstić information content (AvgIpc) is 2.81. The minimum atomic E-state index is -1.94. The van der Waals surface area contributed by atoms with E-state index in [1.54, 1.807) is 0 Å². The summed E-state index contributed by atoms with van der Waals surface area (Å²) in [5.74, 6) is 0.190. The molecule has 0 aromatic heterocycles. The fraction of sp³-hybridized carbons (Fsp3) is 0.667. The Morgan fingerprint density at radius 2 is 1.84 bits per heavy atom. The Balaban J connectivity index is 2.15. The molecule has 3 nitrogen and oxygen atoms in total. The van der Waals surface area contributed by atoms with Crippen molar-refractivity contribution < 1.29 is 9.22 Å². The monoisotopic (exact) mass is 361 g/mol. The molecule has 0 saturated carbocycles. The van der Waals surface area contributed by atoms with Crippen LogP contribution in [0.4, 0.5) is 0 Å². The van der Waals surface area contributed by atoms with E-state index in [0.29, 0.717) is 12.6 Å². The summed E-state index contributed by atoms with van der Waals surface area (Å²) in [4.78, 5) is 15.2. The van der Waals surface area contributed by atoms with Crippen molar-refractivity contribution in [1.82, 2.24) is 4.90 Å². The minimum absolute atomic E-state index is 0.124. The van der Waals surface area contributed by atoms with Gasteiger partial charge in [0, 0.05) is 19.0 Å². The Kier molecular flexibility index (Phi) is 6.49. The molecule has 25 heavy (non-hydrogen) atoms. The molecule has 1 aliphatic heterocycles. The van der Waals surface area contributed by atoms with Gasteiger partial charge >= 0.3 is 0 Å². The highest BCUT2D eigenvalue weighted by molar-refractivity contribution is 6.74. The summed E-state index contributed by atoms with van der Waals surface area (Å²) < 4.78 is 6.50. The Morgan fingerprint density at radius 3 is 2.40 bits per heavy atom. The van der Waals surface area contributed by atoms with E-state index in [2.05, 4.69) is 57.8 Å². The van der Waals surface area contributed by atoms with Gasteiger partial charge in [0.25, 0.3) is 5.91 Å². The van der Waals surface area contributed by atoms with Gasteiger partial charge in [-0.3, -0.25) is 4.79 Å². The van der Waals surface area contributed by atoms with Crippen LogP contribution in [0.2, 0.25) is 18.1 Å². The van der Waals surface area contributed by atoms with Gasteiger partial charge in [0.15, 0.2) is 8.32 Å². The van der Waals surface area contributed by atoms with Crippen LogP contribution in [0.25, 0.3) is 0 Å². The summed E-state index contributed by atoms with van der Waals surface area (Å²) >= 11 is 0. The molecule has 140 valence electrons. The highest BCUT2D eigenvalue weighted by Crippen LogP contribution is 2.39. The molecule has 1 aromatic carbocycles.